The fraction of sp³-hybridized carbons (Fsp3) is 0.0500. The van der Waals surface area contributed by atoms with Crippen LogP contribution >= 0.6 is 8.15 Å². The van der Waals surface area contributed by atoms with E-state index >= 15 is 0 Å². The topological polar surface area (TPSA) is 21.6 Å². The number of rotatable bonds is 5. The Hall–Kier alpha value is -2.44. The van der Waals surface area contributed by atoms with Crippen LogP contribution in [0.3, 0.4) is 0 Å². The molecule has 2 nitrogen and oxygen atoms in total. The van der Waals surface area contributed by atoms with Gasteiger partial charge in [-0.2, -0.15) is 0 Å². The van der Waals surface area contributed by atoms with Gasteiger partial charge in [-0.05, 0) is 12.5 Å². The molecule has 0 aliphatic rings. The van der Waals surface area contributed by atoms with Crippen molar-refractivity contribution in [1.29, 1.82) is 0 Å². The molecule has 0 radical (unpaired) electrons. The average molecular weight is 319 g/mol. The molecule has 0 atom stereocenters. The maximum Gasteiger partial charge on any atom is 0.184 e. The molecule has 114 valence electrons. The summed E-state index contributed by atoms with van der Waals surface area (Å²) in [7, 11) is -0.961. The molecule has 0 heterocycles. The highest BCUT2D eigenvalue weighted by atomic mass is 31.1. The van der Waals surface area contributed by atoms with Crippen LogP contribution in [0.2, 0.25) is 0 Å². The van der Waals surface area contributed by atoms with Crippen molar-refractivity contribution in [3.8, 4) is 0 Å². The van der Waals surface area contributed by atoms with E-state index < -0.39 is 8.15 Å². The van der Waals surface area contributed by atoms with Crippen molar-refractivity contribution in [2.75, 3.05) is 0 Å². The van der Waals surface area contributed by atoms with Gasteiger partial charge in [-0.25, -0.2) is 0 Å². The minimum absolute atomic E-state index is 0.880. The molecule has 0 saturated heterocycles. The standard InChI is InChI=1S/C20H18NOP/c1-17(18-11-5-2-6-12-18)21-22-23(19-13-7-3-8-14-19)20-15-9-4-10-16-20/h2-16H,1H3. The Kier molecular flexibility index (Phi) is 5.18. The van der Waals surface area contributed by atoms with Gasteiger partial charge < -0.3 is 4.62 Å². The van der Waals surface area contributed by atoms with E-state index in [9.17, 15) is 0 Å². The van der Waals surface area contributed by atoms with Crippen molar-refractivity contribution >= 4 is 24.5 Å². The normalized spacial score (nSPS) is 11.5. The highest BCUT2D eigenvalue weighted by Crippen LogP contribution is 2.35. The largest absolute Gasteiger partial charge is 0.367 e. The Bertz CT molecular complexity index is 718. The second-order valence-electron chi connectivity index (χ2n) is 5.09. The summed E-state index contributed by atoms with van der Waals surface area (Å²) in [6.45, 7) is 1.97. The van der Waals surface area contributed by atoms with E-state index in [0.29, 0.717) is 0 Å². The van der Waals surface area contributed by atoms with E-state index in [1.807, 2.05) is 73.7 Å². The molecule has 0 fully saturated rings. The lowest BCUT2D eigenvalue weighted by molar-refractivity contribution is 0.391. The Morgan fingerprint density at radius 3 is 1.61 bits per heavy atom. The third-order valence-electron chi connectivity index (χ3n) is 3.43. The van der Waals surface area contributed by atoms with Crippen molar-refractivity contribution in [1.82, 2.24) is 0 Å². The lowest BCUT2D eigenvalue weighted by atomic mass is 10.1. The Morgan fingerprint density at radius 2 is 1.13 bits per heavy atom. The number of benzene rings is 3. The molecular formula is C20H18NOP. The average Bonchev–Trinajstić information content (AvgIpc) is 2.64. The second-order valence-corrected chi connectivity index (χ2v) is 6.87. The first kappa shape index (κ1) is 15.5. The predicted octanol–water partition coefficient (Wildman–Crippen LogP) is 4.48. The summed E-state index contributed by atoms with van der Waals surface area (Å²) in [6.07, 6.45) is 0. The number of hydrogen-bond acceptors (Lipinski definition) is 2. The van der Waals surface area contributed by atoms with Gasteiger partial charge in [0, 0.05) is 10.6 Å². The van der Waals surface area contributed by atoms with Gasteiger partial charge in [0.2, 0.25) is 0 Å². The summed E-state index contributed by atoms with van der Waals surface area (Å²) < 4.78 is 5.98. The molecule has 3 rings (SSSR count). The molecule has 0 spiro atoms. The van der Waals surface area contributed by atoms with Crippen LogP contribution in [0.4, 0.5) is 0 Å². The Morgan fingerprint density at radius 1 is 0.696 bits per heavy atom. The maximum atomic E-state index is 5.98. The zero-order valence-corrected chi connectivity index (χ0v) is 13.9. The van der Waals surface area contributed by atoms with Gasteiger partial charge in [0.15, 0.2) is 8.15 Å². The van der Waals surface area contributed by atoms with Crippen LogP contribution in [0.1, 0.15) is 12.5 Å². The van der Waals surface area contributed by atoms with Crippen LogP contribution in [0.25, 0.3) is 0 Å². The Balaban J connectivity index is 1.88. The molecular weight excluding hydrogens is 301 g/mol. The summed E-state index contributed by atoms with van der Waals surface area (Å²) in [5, 5.41) is 6.70. The van der Waals surface area contributed by atoms with Gasteiger partial charge in [0.05, 0.1) is 5.71 Å². The van der Waals surface area contributed by atoms with E-state index in [1.54, 1.807) is 0 Å². The van der Waals surface area contributed by atoms with E-state index in [1.165, 1.54) is 0 Å². The van der Waals surface area contributed by atoms with E-state index in [-0.39, 0.29) is 0 Å². The van der Waals surface area contributed by atoms with Gasteiger partial charge in [0.25, 0.3) is 0 Å². The number of oxime groups is 1. The smallest absolute Gasteiger partial charge is 0.184 e. The Labute approximate surface area is 138 Å². The highest BCUT2D eigenvalue weighted by molar-refractivity contribution is 7.68. The molecule has 0 aliphatic carbocycles. The first-order chi connectivity index (χ1) is 11.3. The molecule has 0 saturated carbocycles. The van der Waals surface area contributed by atoms with Gasteiger partial charge in [0.1, 0.15) is 0 Å². The third-order valence-corrected chi connectivity index (χ3v) is 5.21. The van der Waals surface area contributed by atoms with E-state index in [4.69, 9.17) is 4.62 Å². The quantitative estimate of drug-likeness (QED) is 0.386. The minimum atomic E-state index is -0.961. The lowest BCUT2D eigenvalue weighted by Gasteiger charge is -2.15. The summed E-state index contributed by atoms with van der Waals surface area (Å²) >= 11 is 0. The molecule has 0 aromatic heterocycles. The number of hydrogen-bond donors (Lipinski definition) is 0. The monoisotopic (exact) mass is 319 g/mol. The molecule has 3 aromatic rings. The fourth-order valence-electron chi connectivity index (χ4n) is 2.20. The highest BCUT2D eigenvalue weighted by Gasteiger charge is 2.16. The van der Waals surface area contributed by atoms with Crippen molar-refractivity contribution in [2.45, 2.75) is 6.92 Å². The lowest BCUT2D eigenvalue weighted by Crippen LogP contribution is -2.12. The molecule has 0 amide bonds. The van der Waals surface area contributed by atoms with Crippen molar-refractivity contribution < 1.29 is 4.62 Å². The third kappa shape index (κ3) is 4.06. The molecule has 0 bridgehead atoms. The summed E-state index contributed by atoms with van der Waals surface area (Å²) in [6, 6.07) is 30.6. The summed E-state index contributed by atoms with van der Waals surface area (Å²) in [5.74, 6) is 0. The molecule has 0 unspecified atom stereocenters. The zero-order valence-electron chi connectivity index (χ0n) is 13.0. The van der Waals surface area contributed by atoms with Crippen LogP contribution in [-0.4, -0.2) is 5.71 Å². The van der Waals surface area contributed by atoms with Crippen LogP contribution in [0.15, 0.2) is 96.2 Å². The predicted molar refractivity (Wildman–Crippen MR) is 98.8 cm³/mol. The summed E-state index contributed by atoms with van der Waals surface area (Å²) in [4.78, 5) is 0. The van der Waals surface area contributed by atoms with Crippen molar-refractivity contribution in [3.05, 3.63) is 96.6 Å². The van der Waals surface area contributed by atoms with E-state index in [0.717, 1.165) is 21.9 Å². The van der Waals surface area contributed by atoms with Crippen molar-refractivity contribution in [2.24, 2.45) is 5.16 Å². The molecule has 23 heavy (non-hydrogen) atoms. The molecule has 3 aromatic carbocycles. The number of nitrogens with zero attached hydrogens (tertiary/aromatic N) is 1. The van der Waals surface area contributed by atoms with Gasteiger partial charge in [-0.15, -0.1) is 0 Å². The van der Waals surface area contributed by atoms with Gasteiger partial charge >= 0.3 is 0 Å². The minimum Gasteiger partial charge on any atom is -0.367 e. The molecule has 0 N–H and O–H groups in total. The first-order valence-corrected chi connectivity index (χ1v) is 8.78. The molecule has 3 heteroatoms. The zero-order chi connectivity index (χ0) is 15.9. The maximum absolute atomic E-state index is 5.98. The fourth-order valence-corrected chi connectivity index (χ4v) is 3.78. The SMILES string of the molecule is CC(=NOP(c1ccccc1)c1ccccc1)c1ccccc1. The summed E-state index contributed by atoms with van der Waals surface area (Å²) in [5.41, 5.74) is 1.95. The van der Waals surface area contributed by atoms with Crippen LogP contribution in [-0.2, 0) is 4.62 Å². The molecule has 0 aliphatic heterocycles. The van der Waals surface area contributed by atoms with Gasteiger partial charge in [-0.3, -0.25) is 0 Å². The first-order valence-electron chi connectivity index (χ1n) is 7.52. The second kappa shape index (κ2) is 7.71. The van der Waals surface area contributed by atoms with Crippen LogP contribution < -0.4 is 10.6 Å². The van der Waals surface area contributed by atoms with Crippen LogP contribution in [0.5, 0.6) is 0 Å². The van der Waals surface area contributed by atoms with Gasteiger partial charge in [-0.1, -0.05) is 96.2 Å². The van der Waals surface area contributed by atoms with Crippen LogP contribution in [0, 0.1) is 0 Å². The van der Waals surface area contributed by atoms with E-state index in [2.05, 4.69) is 29.4 Å². The van der Waals surface area contributed by atoms with Crippen molar-refractivity contribution in [3.63, 3.8) is 0 Å².